The number of fused-ring (bicyclic) bond motifs is 1. The van der Waals surface area contributed by atoms with Gasteiger partial charge in [0, 0.05) is 74.8 Å². The monoisotopic (exact) mass is 691 g/mol. The molecule has 2 saturated heterocycles. The molecule has 2 aliphatic rings. The molecule has 0 unspecified atom stereocenters. The zero-order chi connectivity index (χ0) is 31.5. The van der Waals surface area contributed by atoms with Gasteiger partial charge in [-0.05, 0) is 79.3 Å². The highest BCUT2D eigenvalue weighted by molar-refractivity contribution is 9.10. The highest BCUT2D eigenvalue weighted by Gasteiger charge is 2.28. The number of piperazine rings is 1. The number of pyridine rings is 2. The van der Waals surface area contributed by atoms with Crippen LogP contribution in [0.25, 0.3) is 11.0 Å². The van der Waals surface area contributed by atoms with Gasteiger partial charge in [-0.3, -0.25) is 14.9 Å². The number of rotatable bonds is 9. The van der Waals surface area contributed by atoms with E-state index < -0.39 is 7.92 Å². The molecule has 2 aliphatic heterocycles. The average Bonchev–Trinajstić information content (AvgIpc) is 3.06. The molecule has 0 radical (unpaired) electrons. The number of benzene rings is 1. The molecule has 10 nitrogen and oxygen atoms in total. The molecule has 45 heavy (non-hydrogen) atoms. The number of nitrogens with zero attached hydrogens (tertiary/aromatic N) is 7. The van der Waals surface area contributed by atoms with Crippen LogP contribution in [0.3, 0.4) is 0 Å². The van der Waals surface area contributed by atoms with Gasteiger partial charge in [-0.15, -0.1) is 0 Å². The molecule has 6 rings (SSSR count). The number of likely N-dealkylation sites (N-methyl/N-ethyl adjacent to an activating group) is 1. The first-order valence-corrected chi connectivity index (χ1v) is 18.7. The van der Waals surface area contributed by atoms with Crippen LogP contribution in [0.5, 0.6) is 5.75 Å². The second-order valence-corrected chi connectivity index (χ2v) is 15.1. The minimum atomic E-state index is -0.462. The van der Waals surface area contributed by atoms with E-state index in [9.17, 15) is 0 Å². The summed E-state index contributed by atoms with van der Waals surface area (Å²) in [6, 6.07) is 8.97. The van der Waals surface area contributed by atoms with Crippen LogP contribution in [0.15, 0.2) is 47.3 Å². The lowest BCUT2D eigenvalue weighted by atomic mass is 9.99. The first-order chi connectivity index (χ1) is 21.8. The fourth-order valence-electron chi connectivity index (χ4n) is 6.43. The van der Waals surface area contributed by atoms with Crippen LogP contribution in [-0.4, -0.2) is 103 Å². The van der Waals surface area contributed by atoms with E-state index in [0.29, 0.717) is 17.8 Å². The Labute approximate surface area is 275 Å². The molecule has 0 atom stereocenters. The van der Waals surface area contributed by atoms with E-state index in [1.54, 1.807) is 13.3 Å². The SMILES string of the molecule is CCc1cc(Nc2ncc(Br)c(Nc3cnc4cccnc4c3P(C)C)n2)c(OC)cc1N1CCC(N2CCN(C)CC2)CC1. The number of aromatic nitrogens is 4. The van der Waals surface area contributed by atoms with Gasteiger partial charge in [0.15, 0.2) is 0 Å². The van der Waals surface area contributed by atoms with Gasteiger partial charge in [0.05, 0.1) is 40.2 Å². The fraction of sp³-hybridized carbons (Fsp3) is 0.455. The van der Waals surface area contributed by atoms with Crippen LogP contribution in [0.4, 0.5) is 28.8 Å². The molecule has 1 aromatic carbocycles. The maximum atomic E-state index is 5.91. The van der Waals surface area contributed by atoms with Crippen LogP contribution >= 0.6 is 23.9 Å². The van der Waals surface area contributed by atoms with Crippen LogP contribution in [0.2, 0.25) is 0 Å². The Bertz CT molecular complexity index is 1640. The summed E-state index contributed by atoms with van der Waals surface area (Å²) in [5.41, 5.74) is 6.10. The number of halogens is 1. The zero-order valence-electron chi connectivity index (χ0n) is 26.8. The maximum Gasteiger partial charge on any atom is 0.229 e. The summed E-state index contributed by atoms with van der Waals surface area (Å²) in [4.78, 5) is 26.4. The Hall–Kier alpha value is -3.11. The van der Waals surface area contributed by atoms with Crippen molar-refractivity contribution in [3.63, 3.8) is 0 Å². The van der Waals surface area contributed by atoms with E-state index in [4.69, 9.17) is 9.72 Å². The fourth-order valence-corrected chi connectivity index (χ4v) is 7.91. The van der Waals surface area contributed by atoms with E-state index in [0.717, 1.165) is 57.4 Å². The topological polar surface area (TPSA) is 94.6 Å². The molecule has 4 aromatic rings. The van der Waals surface area contributed by atoms with Crippen LogP contribution in [0, 0.1) is 0 Å². The first-order valence-electron chi connectivity index (χ1n) is 15.7. The van der Waals surface area contributed by atoms with Crippen molar-refractivity contribution in [1.29, 1.82) is 0 Å². The number of ether oxygens (including phenoxy) is 1. The summed E-state index contributed by atoms with van der Waals surface area (Å²) in [5.74, 6) is 1.90. The van der Waals surface area contributed by atoms with Crippen molar-refractivity contribution >= 4 is 69.0 Å². The largest absolute Gasteiger partial charge is 0.494 e. The molecule has 12 heteroatoms. The van der Waals surface area contributed by atoms with Gasteiger partial charge < -0.3 is 25.2 Å². The first kappa shape index (κ1) is 31.9. The normalized spacial score (nSPS) is 16.8. The minimum absolute atomic E-state index is 0.462. The van der Waals surface area contributed by atoms with E-state index >= 15 is 0 Å². The Morgan fingerprint density at radius 2 is 1.76 bits per heavy atom. The summed E-state index contributed by atoms with van der Waals surface area (Å²) >= 11 is 3.64. The molecule has 2 N–H and O–H groups in total. The standard InChI is InChI=1S/C33H43BrN9OP/c1-6-22-18-26(29(44-3)19-28(22)43-12-9-23(10-13-43)42-16-14-41(2)15-17-42)39-33-37-20-24(34)32(40-33)38-27-21-36-25-8-7-11-35-30(25)31(27)45(4)5/h7-8,11,18-21,23H,6,9-10,12-17H2,1-5H3,(H2,37,38,39,40). The van der Waals surface area contributed by atoms with Crippen molar-refractivity contribution in [3.8, 4) is 5.75 Å². The van der Waals surface area contributed by atoms with Crippen molar-refractivity contribution in [1.82, 2.24) is 29.7 Å². The van der Waals surface area contributed by atoms with Crippen LogP contribution < -0.4 is 25.6 Å². The summed E-state index contributed by atoms with van der Waals surface area (Å²) in [7, 11) is 3.48. The number of methoxy groups -OCH3 is 1. The molecule has 238 valence electrons. The number of aryl methyl sites for hydroxylation is 1. The van der Waals surface area contributed by atoms with Crippen molar-refractivity contribution < 1.29 is 4.74 Å². The third-order valence-electron chi connectivity index (χ3n) is 8.93. The molecular weight excluding hydrogens is 649 g/mol. The Morgan fingerprint density at radius 3 is 2.47 bits per heavy atom. The predicted molar refractivity (Wildman–Crippen MR) is 191 cm³/mol. The number of hydrogen-bond donors (Lipinski definition) is 2. The second kappa shape index (κ2) is 14.1. The smallest absolute Gasteiger partial charge is 0.229 e. The van der Waals surface area contributed by atoms with E-state index in [1.165, 1.54) is 50.3 Å². The molecular formula is C33H43BrN9OP. The Kier molecular flexibility index (Phi) is 9.99. The molecule has 0 aliphatic carbocycles. The van der Waals surface area contributed by atoms with Gasteiger partial charge in [-0.2, -0.15) is 4.98 Å². The lowest BCUT2D eigenvalue weighted by Crippen LogP contribution is -2.52. The summed E-state index contributed by atoms with van der Waals surface area (Å²) < 4.78 is 6.67. The van der Waals surface area contributed by atoms with Gasteiger partial charge >= 0.3 is 0 Å². The third kappa shape index (κ3) is 7.02. The number of anilines is 5. The van der Waals surface area contributed by atoms with Gasteiger partial charge in [0.1, 0.15) is 11.6 Å². The molecule has 3 aromatic heterocycles. The minimum Gasteiger partial charge on any atom is -0.494 e. The maximum absolute atomic E-state index is 5.91. The Balaban J connectivity index is 1.21. The zero-order valence-corrected chi connectivity index (χ0v) is 29.3. The number of nitrogens with one attached hydrogen (secondary N) is 2. The van der Waals surface area contributed by atoms with Gasteiger partial charge in [0.2, 0.25) is 5.95 Å². The van der Waals surface area contributed by atoms with Crippen molar-refractivity contribution in [2.24, 2.45) is 0 Å². The van der Waals surface area contributed by atoms with Crippen LogP contribution in [-0.2, 0) is 6.42 Å². The summed E-state index contributed by atoms with van der Waals surface area (Å²) in [6.07, 6.45) is 8.76. The number of hydrogen-bond acceptors (Lipinski definition) is 10. The molecule has 0 bridgehead atoms. The van der Waals surface area contributed by atoms with Crippen molar-refractivity contribution in [2.45, 2.75) is 32.2 Å². The second-order valence-electron chi connectivity index (χ2n) is 12.0. The van der Waals surface area contributed by atoms with E-state index in [-0.39, 0.29) is 0 Å². The average molecular weight is 693 g/mol. The van der Waals surface area contributed by atoms with Gasteiger partial charge in [-0.1, -0.05) is 14.8 Å². The van der Waals surface area contributed by atoms with E-state index in [1.807, 2.05) is 24.5 Å². The van der Waals surface area contributed by atoms with Crippen molar-refractivity contribution in [2.75, 3.05) is 82.3 Å². The van der Waals surface area contributed by atoms with Crippen molar-refractivity contribution in [3.05, 3.63) is 52.9 Å². The van der Waals surface area contributed by atoms with Crippen LogP contribution in [0.1, 0.15) is 25.3 Å². The van der Waals surface area contributed by atoms with Gasteiger partial charge in [-0.25, -0.2) is 4.98 Å². The summed E-state index contributed by atoms with van der Waals surface area (Å²) in [6.45, 7) is 13.5. The quantitative estimate of drug-likeness (QED) is 0.209. The molecule has 5 heterocycles. The molecule has 0 amide bonds. The third-order valence-corrected chi connectivity index (χ3v) is 10.9. The lowest BCUT2D eigenvalue weighted by molar-refractivity contribution is 0.0982. The molecule has 0 saturated carbocycles. The highest BCUT2D eigenvalue weighted by atomic mass is 79.9. The summed E-state index contributed by atoms with van der Waals surface area (Å²) in [5, 5.41) is 8.11. The molecule has 0 spiro atoms. The Morgan fingerprint density at radius 1 is 0.978 bits per heavy atom. The van der Waals surface area contributed by atoms with E-state index in [2.05, 4.69) is 95.6 Å². The molecule has 2 fully saturated rings. The predicted octanol–water partition coefficient (Wildman–Crippen LogP) is 5.82. The highest BCUT2D eigenvalue weighted by Crippen LogP contribution is 2.38. The number of piperidine rings is 1. The van der Waals surface area contributed by atoms with Gasteiger partial charge in [0.25, 0.3) is 0 Å². The lowest BCUT2D eigenvalue weighted by Gasteiger charge is -2.43.